The zero-order chi connectivity index (χ0) is 24.3. The number of halogens is 2. The van der Waals surface area contributed by atoms with Gasteiger partial charge in [-0.05, 0) is 63.1 Å². The van der Waals surface area contributed by atoms with Crippen LogP contribution in [0.5, 0.6) is 0 Å². The highest BCUT2D eigenvalue weighted by Gasteiger charge is 2.38. The van der Waals surface area contributed by atoms with Crippen molar-refractivity contribution < 1.29 is 18.1 Å². The van der Waals surface area contributed by atoms with Gasteiger partial charge in [-0.25, -0.2) is 13.8 Å². The predicted octanol–water partition coefficient (Wildman–Crippen LogP) is 4.99. The molecule has 180 valence electrons. The minimum absolute atomic E-state index is 0.124. The Hall–Kier alpha value is -3.59. The van der Waals surface area contributed by atoms with Crippen molar-refractivity contribution in [1.29, 1.82) is 0 Å². The number of anilines is 1. The molecule has 0 saturated carbocycles. The second kappa shape index (κ2) is 8.27. The average Bonchev–Trinajstić information content (AvgIpc) is 3.61. The van der Waals surface area contributed by atoms with Crippen molar-refractivity contribution in [2.75, 3.05) is 18.0 Å². The average molecular weight is 478 g/mol. The number of hydrogen-bond donors (Lipinski definition) is 1. The summed E-state index contributed by atoms with van der Waals surface area (Å²) < 4.78 is 35.3. The van der Waals surface area contributed by atoms with Crippen molar-refractivity contribution in [1.82, 2.24) is 20.0 Å². The third kappa shape index (κ3) is 3.53. The molecule has 0 radical (unpaired) electrons. The lowest BCUT2D eigenvalue weighted by Crippen LogP contribution is -2.30. The summed E-state index contributed by atoms with van der Waals surface area (Å²) in [5, 5.41) is 7.49. The standard InChI is InChI=1S/C26H25F2N5O2/c1-14-25(15(2)35-31-14)16-3-6-22-21(11-16)30-26(33(22)18-9-10-29-13-18)23-7-8-24(34)32(23)17-4-5-19(27)20(28)12-17/h3-6,11-12,18,23,29H,7-10,13H2,1-2H3. The molecular formula is C26H25F2N5O2. The second-order valence-corrected chi connectivity index (χ2v) is 9.31. The van der Waals surface area contributed by atoms with Gasteiger partial charge in [0.15, 0.2) is 11.6 Å². The number of carbonyl (C=O) groups excluding carboxylic acids is 1. The fraction of sp³-hybridized carbons (Fsp3) is 0.346. The molecule has 2 atom stereocenters. The maximum absolute atomic E-state index is 14.1. The van der Waals surface area contributed by atoms with Crippen LogP contribution >= 0.6 is 0 Å². The Morgan fingerprint density at radius 3 is 2.66 bits per heavy atom. The predicted molar refractivity (Wildman–Crippen MR) is 127 cm³/mol. The normalized spacial score (nSPS) is 20.5. The number of aromatic nitrogens is 3. The van der Waals surface area contributed by atoms with Crippen LogP contribution in [-0.2, 0) is 4.79 Å². The first kappa shape index (κ1) is 21.9. The van der Waals surface area contributed by atoms with Gasteiger partial charge in [0.2, 0.25) is 5.91 Å². The molecule has 0 spiro atoms. The van der Waals surface area contributed by atoms with Crippen LogP contribution in [0, 0.1) is 25.5 Å². The molecule has 4 aromatic rings. The molecular weight excluding hydrogens is 452 g/mol. The molecule has 2 aromatic carbocycles. The summed E-state index contributed by atoms with van der Waals surface area (Å²) in [6.45, 7) is 5.50. The van der Waals surface area contributed by atoms with E-state index in [2.05, 4.69) is 21.1 Å². The quantitative estimate of drug-likeness (QED) is 0.448. The number of nitrogens with zero attached hydrogens (tertiary/aromatic N) is 4. The van der Waals surface area contributed by atoms with Crippen LogP contribution in [0.2, 0.25) is 0 Å². The van der Waals surface area contributed by atoms with Crippen molar-refractivity contribution in [3.05, 3.63) is 65.3 Å². The maximum atomic E-state index is 14.1. The summed E-state index contributed by atoms with van der Waals surface area (Å²) in [6.07, 6.45) is 1.81. The Balaban J connectivity index is 1.51. The van der Waals surface area contributed by atoms with Gasteiger partial charge in [0.1, 0.15) is 11.6 Å². The summed E-state index contributed by atoms with van der Waals surface area (Å²) in [7, 11) is 0. The lowest BCUT2D eigenvalue weighted by atomic mass is 10.0. The lowest BCUT2D eigenvalue weighted by Gasteiger charge is -2.27. The van der Waals surface area contributed by atoms with Crippen molar-refractivity contribution >= 4 is 22.6 Å². The van der Waals surface area contributed by atoms with Crippen LogP contribution in [0.15, 0.2) is 40.9 Å². The van der Waals surface area contributed by atoms with Gasteiger partial charge in [-0.2, -0.15) is 0 Å². The van der Waals surface area contributed by atoms with Gasteiger partial charge in [-0.3, -0.25) is 4.79 Å². The van der Waals surface area contributed by atoms with E-state index in [1.54, 1.807) is 4.90 Å². The second-order valence-electron chi connectivity index (χ2n) is 9.31. The topological polar surface area (TPSA) is 76.2 Å². The van der Waals surface area contributed by atoms with Gasteiger partial charge < -0.3 is 19.3 Å². The van der Waals surface area contributed by atoms with Crippen molar-refractivity contribution in [2.24, 2.45) is 0 Å². The number of amides is 1. The first-order chi connectivity index (χ1) is 16.9. The Kier molecular flexibility index (Phi) is 5.17. The number of hydrogen-bond acceptors (Lipinski definition) is 5. The minimum atomic E-state index is -0.974. The van der Waals surface area contributed by atoms with Crippen LogP contribution in [0.1, 0.15) is 48.6 Å². The highest BCUT2D eigenvalue weighted by molar-refractivity contribution is 5.96. The molecule has 2 aromatic heterocycles. The van der Waals surface area contributed by atoms with Gasteiger partial charge in [0, 0.05) is 36.3 Å². The van der Waals surface area contributed by atoms with E-state index in [0.29, 0.717) is 18.5 Å². The highest BCUT2D eigenvalue weighted by Crippen LogP contribution is 2.41. The monoisotopic (exact) mass is 477 g/mol. The number of carbonyl (C=O) groups is 1. The van der Waals surface area contributed by atoms with Gasteiger partial charge in [-0.1, -0.05) is 11.2 Å². The molecule has 4 heterocycles. The molecule has 35 heavy (non-hydrogen) atoms. The number of imidazole rings is 1. The molecule has 0 bridgehead atoms. The van der Waals surface area contributed by atoms with Crippen molar-refractivity contribution in [3.63, 3.8) is 0 Å². The number of fused-ring (bicyclic) bond motifs is 1. The Bertz CT molecular complexity index is 1430. The molecule has 2 unspecified atom stereocenters. The van der Waals surface area contributed by atoms with E-state index >= 15 is 0 Å². The first-order valence-corrected chi connectivity index (χ1v) is 11.9. The van der Waals surface area contributed by atoms with E-state index < -0.39 is 11.6 Å². The third-order valence-corrected chi connectivity index (χ3v) is 7.13. The Labute approximate surface area is 200 Å². The van der Waals surface area contributed by atoms with Crippen LogP contribution in [0.25, 0.3) is 22.2 Å². The lowest BCUT2D eigenvalue weighted by molar-refractivity contribution is -0.117. The molecule has 2 fully saturated rings. The van der Waals surface area contributed by atoms with E-state index in [1.807, 2.05) is 26.0 Å². The smallest absolute Gasteiger partial charge is 0.227 e. The summed E-state index contributed by atoms with van der Waals surface area (Å²) in [6, 6.07) is 9.55. The van der Waals surface area contributed by atoms with Gasteiger partial charge in [0.05, 0.1) is 22.8 Å². The number of nitrogens with one attached hydrogen (secondary N) is 1. The van der Waals surface area contributed by atoms with Gasteiger partial charge in [0.25, 0.3) is 0 Å². The summed E-state index contributed by atoms with van der Waals surface area (Å²) >= 11 is 0. The fourth-order valence-electron chi connectivity index (χ4n) is 5.53. The number of rotatable bonds is 4. The SMILES string of the molecule is Cc1noc(C)c1-c1ccc2c(c1)nc(C1CCC(=O)N1c1ccc(F)c(F)c1)n2C1CCNC1. The molecule has 0 aliphatic carbocycles. The molecule has 7 nitrogen and oxygen atoms in total. The molecule has 1 N–H and O–H groups in total. The van der Waals surface area contributed by atoms with Crippen LogP contribution in [0.3, 0.4) is 0 Å². The largest absolute Gasteiger partial charge is 0.361 e. The molecule has 2 aliphatic heterocycles. The summed E-state index contributed by atoms with van der Waals surface area (Å²) in [5.41, 5.74) is 4.87. The van der Waals surface area contributed by atoms with E-state index in [0.717, 1.165) is 71.1 Å². The van der Waals surface area contributed by atoms with E-state index in [1.165, 1.54) is 6.07 Å². The molecule has 9 heteroatoms. The fourth-order valence-corrected chi connectivity index (χ4v) is 5.53. The van der Waals surface area contributed by atoms with Crippen molar-refractivity contribution in [2.45, 2.75) is 45.2 Å². The van der Waals surface area contributed by atoms with E-state index in [4.69, 9.17) is 9.51 Å². The number of benzene rings is 2. The molecule has 6 rings (SSSR count). The van der Waals surface area contributed by atoms with Gasteiger partial charge >= 0.3 is 0 Å². The Morgan fingerprint density at radius 2 is 1.94 bits per heavy atom. The van der Waals surface area contributed by atoms with Crippen molar-refractivity contribution in [3.8, 4) is 11.1 Å². The van der Waals surface area contributed by atoms with Crippen LogP contribution < -0.4 is 10.2 Å². The molecule has 2 aliphatic rings. The van der Waals surface area contributed by atoms with Crippen LogP contribution in [-0.4, -0.2) is 33.7 Å². The minimum Gasteiger partial charge on any atom is -0.361 e. The maximum Gasteiger partial charge on any atom is 0.227 e. The first-order valence-electron chi connectivity index (χ1n) is 11.9. The Morgan fingerprint density at radius 1 is 1.09 bits per heavy atom. The summed E-state index contributed by atoms with van der Waals surface area (Å²) in [5.74, 6) is -0.528. The van der Waals surface area contributed by atoms with E-state index in [9.17, 15) is 13.6 Å². The zero-order valence-corrected chi connectivity index (χ0v) is 19.5. The zero-order valence-electron chi connectivity index (χ0n) is 19.5. The number of aryl methyl sites for hydroxylation is 2. The summed E-state index contributed by atoms with van der Waals surface area (Å²) in [4.78, 5) is 19.5. The molecule has 2 saturated heterocycles. The third-order valence-electron chi connectivity index (χ3n) is 7.13. The highest BCUT2D eigenvalue weighted by atomic mass is 19.2. The van der Waals surface area contributed by atoms with Crippen LogP contribution in [0.4, 0.5) is 14.5 Å². The molecule has 1 amide bonds. The van der Waals surface area contributed by atoms with Gasteiger partial charge in [-0.15, -0.1) is 0 Å². The van der Waals surface area contributed by atoms with E-state index in [-0.39, 0.29) is 18.0 Å².